The number of carbonyl (C=O) groups excluding carboxylic acids is 1. The lowest BCUT2D eigenvalue weighted by molar-refractivity contribution is -0.139. The van der Waals surface area contributed by atoms with Gasteiger partial charge in [-0.05, 0) is 67.9 Å². The summed E-state index contributed by atoms with van der Waals surface area (Å²) >= 11 is 0. The van der Waals surface area contributed by atoms with Crippen molar-refractivity contribution in [3.63, 3.8) is 0 Å². The van der Waals surface area contributed by atoms with Gasteiger partial charge in [-0.1, -0.05) is 18.9 Å². The van der Waals surface area contributed by atoms with Crippen LogP contribution < -0.4 is 10.9 Å². The van der Waals surface area contributed by atoms with Gasteiger partial charge < -0.3 is 19.7 Å². The van der Waals surface area contributed by atoms with E-state index in [0.717, 1.165) is 49.1 Å². The summed E-state index contributed by atoms with van der Waals surface area (Å²) in [5.41, 5.74) is 0.522. The quantitative estimate of drug-likeness (QED) is 0.648. The van der Waals surface area contributed by atoms with Gasteiger partial charge in [0.1, 0.15) is 5.56 Å². The first kappa shape index (κ1) is 25.0. The maximum absolute atomic E-state index is 13.9. The molecule has 2 heterocycles. The Bertz CT molecular complexity index is 1170. The predicted molar refractivity (Wildman–Crippen MR) is 125 cm³/mol. The van der Waals surface area contributed by atoms with Crippen LogP contribution in [0.3, 0.4) is 0 Å². The van der Waals surface area contributed by atoms with Crippen LogP contribution in [0.4, 0.5) is 8.78 Å². The zero-order valence-electron chi connectivity index (χ0n) is 19.6. The number of benzene rings is 1. The Morgan fingerprint density at radius 2 is 1.74 bits per heavy atom. The molecule has 1 amide bonds. The number of fused-ring (bicyclic) bond motifs is 1. The Labute approximate surface area is 202 Å². The molecule has 7 nitrogen and oxygen atoms in total. The van der Waals surface area contributed by atoms with Gasteiger partial charge in [0.2, 0.25) is 0 Å². The summed E-state index contributed by atoms with van der Waals surface area (Å²) in [6.45, 7) is 0.643. The highest BCUT2D eigenvalue weighted by atomic mass is 19.2. The molecule has 2 aliphatic rings. The number of hydrogen-bond acceptors (Lipinski definition) is 4. The average molecular weight is 489 g/mol. The van der Waals surface area contributed by atoms with Gasteiger partial charge in [-0.2, -0.15) is 0 Å². The van der Waals surface area contributed by atoms with Crippen LogP contribution in [0, 0.1) is 11.6 Å². The fourth-order valence-corrected chi connectivity index (χ4v) is 5.09. The van der Waals surface area contributed by atoms with E-state index in [1.54, 1.807) is 6.07 Å². The number of aliphatic carboxylic acids is 1. The van der Waals surface area contributed by atoms with Crippen molar-refractivity contribution in [3.05, 3.63) is 68.6 Å². The van der Waals surface area contributed by atoms with Crippen molar-refractivity contribution in [2.45, 2.75) is 69.9 Å². The number of ether oxygens (including phenoxy) is 1. The van der Waals surface area contributed by atoms with E-state index in [4.69, 9.17) is 4.74 Å². The van der Waals surface area contributed by atoms with Gasteiger partial charge in [-0.25, -0.2) is 8.78 Å². The minimum Gasteiger partial charge on any atom is -0.481 e. The first-order valence-electron chi connectivity index (χ1n) is 12.1. The highest BCUT2D eigenvalue weighted by Gasteiger charge is 2.37. The molecule has 2 aromatic rings. The lowest BCUT2D eigenvalue weighted by Crippen LogP contribution is -2.54. The maximum atomic E-state index is 13.9. The third kappa shape index (κ3) is 5.78. The highest BCUT2D eigenvalue weighted by molar-refractivity contribution is 5.95. The highest BCUT2D eigenvalue weighted by Crippen LogP contribution is 2.26. The van der Waals surface area contributed by atoms with Crippen molar-refractivity contribution in [1.29, 1.82) is 0 Å². The van der Waals surface area contributed by atoms with E-state index in [2.05, 4.69) is 5.32 Å². The van der Waals surface area contributed by atoms with Gasteiger partial charge in [-0.15, -0.1) is 0 Å². The molecule has 0 radical (unpaired) electrons. The number of halogens is 2. The van der Waals surface area contributed by atoms with Crippen LogP contribution >= 0.6 is 0 Å². The molecule has 0 saturated carbocycles. The summed E-state index contributed by atoms with van der Waals surface area (Å²) in [5, 5.41) is 12.3. The van der Waals surface area contributed by atoms with Gasteiger partial charge in [0.15, 0.2) is 11.6 Å². The van der Waals surface area contributed by atoms with E-state index >= 15 is 0 Å². The Hall–Kier alpha value is -3.07. The van der Waals surface area contributed by atoms with Crippen LogP contribution in [0.15, 0.2) is 29.1 Å². The summed E-state index contributed by atoms with van der Waals surface area (Å²) in [5.74, 6) is -3.63. The molecule has 1 aliphatic carbocycles. The molecule has 0 unspecified atom stereocenters. The Morgan fingerprint density at radius 1 is 1.03 bits per heavy atom. The third-order valence-corrected chi connectivity index (χ3v) is 6.99. The maximum Gasteiger partial charge on any atom is 0.305 e. The van der Waals surface area contributed by atoms with Gasteiger partial charge in [-0.3, -0.25) is 14.4 Å². The molecular formula is C26H30F2N2O5. The van der Waals surface area contributed by atoms with Gasteiger partial charge in [0.25, 0.3) is 11.5 Å². The van der Waals surface area contributed by atoms with Crippen LogP contribution in [-0.2, 0) is 28.9 Å². The molecule has 188 valence electrons. The number of nitrogens with zero attached hydrogens (tertiary/aromatic N) is 1. The van der Waals surface area contributed by atoms with Gasteiger partial charge in [0, 0.05) is 18.9 Å². The van der Waals surface area contributed by atoms with Crippen LogP contribution in [0.2, 0.25) is 0 Å². The number of pyridine rings is 1. The third-order valence-electron chi connectivity index (χ3n) is 6.99. The lowest BCUT2D eigenvalue weighted by Gasteiger charge is -2.36. The van der Waals surface area contributed by atoms with E-state index in [1.807, 2.05) is 0 Å². The number of carboxylic acids is 1. The fraction of sp³-hybridized carbons (Fsp3) is 0.500. The Morgan fingerprint density at radius 3 is 2.43 bits per heavy atom. The second-order valence-corrected chi connectivity index (χ2v) is 9.50. The summed E-state index contributed by atoms with van der Waals surface area (Å²) in [7, 11) is 0. The number of carboxylic acid groups (broad SMARTS) is 1. The molecule has 1 aliphatic heterocycles. The first-order valence-corrected chi connectivity index (χ1v) is 12.1. The number of rotatable bonds is 6. The molecule has 35 heavy (non-hydrogen) atoms. The topological polar surface area (TPSA) is 97.6 Å². The van der Waals surface area contributed by atoms with Crippen molar-refractivity contribution in [2.75, 3.05) is 13.2 Å². The minimum atomic E-state index is -1.04. The monoisotopic (exact) mass is 488 g/mol. The smallest absolute Gasteiger partial charge is 0.305 e. The normalized spacial score (nSPS) is 17.7. The van der Waals surface area contributed by atoms with Crippen molar-refractivity contribution in [3.8, 4) is 0 Å². The number of hydrogen-bond donors (Lipinski definition) is 2. The minimum absolute atomic E-state index is 0.00754. The second kappa shape index (κ2) is 10.7. The van der Waals surface area contributed by atoms with Crippen molar-refractivity contribution in [1.82, 2.24) is 9.88 Å². The Kier molecular flexibility index (Phi) is 7.64. The van der Waals surface area contributed by atoms with E-state index in [9.17, 15) is 28.3 Å². The fourth-order valence-electron chi connectivity index (χ4n) is 5.09. The largest absolute Gasteiger partial charge is 0.481 e. The number of amides is 1. The van der Waals surface area contributed by atoms with Crippen LogP contribution in [-0.4, -0.2) is 40.3 Å². The predicted octanol–water partition coefficient (Wildman–Crippen LogP) is 3.59. The zero-order valence-corrected chi connectivity index (χ0v) is 19.6. The number of nitrogens with one attached hydrogen (secondary N) is 1. The molecule has 1 aromatic heterocycles. The number of carbonyl (C=O) groups is 2. The molecule has 1 aromatic carbocycles. The molecule has 1 fully saturated rings. The van der Waals surface area contributed by atoms with E-state index in [0.29, 0.717) is 44.5 Å². The number of aryl methyl sites for hydroxylation is 1. The molecule has 2 N–H and O–H groups in total. The standard InChI is InChI=1S/C26H30F2N2O5/c27-20-8-7-17(13-21(20)28)16-30-22-6-4-2-1-3-5-18(22)14-19(25(30)34)24(33)29-26(15-23(31)32)9-11-35-12-10-26/h7-8,13-14H,1-6,9-12,15-16H2,(H,29,33)(H,31,32). The van der Waals surface area contributed by atoms with Gasteiger partial charge >= 0.3 is 5.97 Å². The zero-order chi connectivity index (χ0) is 25.0. The average Bonchev–Trinajstić information content (AvgIpc) is 2.79. The molecule has 9 heteroatoms. The van der Waals surface area contributed by atoms with E-state index in [1.165, 1.54) is 10.6 Å². The van der Waals surface area contributed by atoms with Crippen molar-refractivity contribution < 1.29 is 28.2 Å². The molecule has 0 spiro atoms. The van der Waals surface area contributed by atoms with Crippen molar-refractivity contribution >= 4 is 11.9 Å². The van der Waals surface area contributed by atoms with E-state index < -0.39 is 34.6 Å². The molecule has 0 bridgehead atoms. The Balaban J connectivity index is 1.75. The summed E-state index contributed by atoms with van der Waals surface area (Å²) in [6.07, 6.45) is 5.62. The summed E-state index contributed by atoms with van der Waals surface area (Å²) < 4.78 is 34.2. The second-order valence-electron chi connectivity index (χ2n) is 9.50. The first-order chi connectivity index (χ1) is 16.8. The van der Waals surface area contributed by atoms with Crippen LogP contribution in [0.5, 0.6) is 0 Å². The van der Waals surface area contributed by atoms with Crippen LogP contribution in [0.25, 0.3) is 0 Å². The molecule has 1 saturated heterocycles. The lowest BCUT2D eigenvalue weighted by atomic mass is 9.86. The number of aromatic nitrogens is 1. The SMILES string of the molecule is O=C(O)CC1(NC(=O)c2cc3c(n(Cc4ccc(F)c(F)c4)c2=O)CCCCCC3)CCOCC1. The van der Waals surface area contributed by atoms with Crippen LogP contribution in [0.1, 0.15) is 72.1 Å². The summed E-state index contributed by atoms with van der Waals surface area (Å²) in [6, 6.07) is 5.15. The molecular weight excluding hydrogens is 458 g/mol. The summed E-state index contributed by atoms with van der Waals surface area (Å²) in [4.78, 5) is 38.5. The molecule has 0 atom stereocenters. The van der Waals surface area contributed by atoms with Crippen molar-refractivity contribution in [2.24, 2.45) is 0 Å². The van der Waals surface area contributed by atoms with E-state index in [-0.39, 0.29) is 18.5 Å². The molecule has 4 rings (SSSR count). The van der Waals surface area contributed by atoms with Gasteiger partial charge in [0.05, 0.1) is 18.5 Å².